The maximum Gasteiger partial charge on any atom is 0.123 e. The van der Waals surface area contributed by atoms with Gasteiger partial charge in [0, 0.05) is 0 Å². The van der Waals surface area contributed by atoms with Crippen molar-refractivity contribution in [3.63, 3.8) is 0 Å². The second-order valence-electron chi connectivity index (χ2n) is 5.76. The van der Waals surface area contributed by atoms with Crippen LogP contribution in [0.4, 0.5) is 0 Å². The third kappa shape index (κ3) is 2.56. The maximum atomic E-state index is 9.76. The van der Waals surface area contributed by atoms with Gasteiger partial charge in [-0.25, -0.2) is 0 Å². The highest BCUT2D eigenvalue weighted by atomic mass is 16.5. The molecule has 1 fully saturated rings. The first-order valence-corrected chi connectivity index (χ1v) is 5.85. The van der Waals surface area contributed by atoms with Gasteiger partial charge in [-0.05, 0) is 29.9 Å². The molecule has 2 heteroatoms. The van der Waals surface area contributed by atoms with Crippen LogP contribution in [0.2, 0.25) is 0 Å². The molecule has 1 N–H and O–H groups in total. The molecule has 1 aromatic carbocycles. The van der Waals surface area contributed by atoms with Gasteiger partial charge in [-0.15, -0.1) is 0 Å². The molecule has 0 saturated heterocycles. The average Bonchev–Trinajstić information content (AvgIpc) is 2.94. The Labute approximate surface area is 97.3 Å². The molecule has 1 aromatic rings. The van der Waals surface area contributed by atoms with E-state index < -0.39 is 5.60 Å². The minimum Gasteiger partial charge on any atom is -0.490 e. The molecule has 2 nitrogen and oxygen atoms in total. The molecular formula is C14H20O2. The predicted molar refractivity (Wildman–Crippen MR) is 64.8 cm³/mol. The highest BCUT2D eigenvalue weighted by Gasteiger charge is 2.41. The lowest BCUT2D eigenvalue weighted by Crippen LogP contribution is -2.21. The van der Waals surface area contributed by atoms with Crippen molar-refractivity contribution < 1.29 is 9.84 Å². The summed E-state index contributed by atoms with van der Waals surface area (Å²) >= 11 is 0. The van der Waals surface area contributed by atoms with E-state index in [1.54, 1.807) is 0 Å². The van der Waals surface area contributed by atoms with Crippen LogP contribution in [-0.2, 0) is 5.41 Å². The molecule has 0 heterocycles. The molecule has 88 valence electrons. The molecule has 0 atom stereocenters. The van der Waals surface area contributed by atoms with Crippen molar-refractivity contribution in [3.8, 4) is 5.75 Å². The zero-order chi connectivity index (χ0) is 11.8. The monoisotopic (exact) mass is 220 g/mol. The zero-order valence-corrected chi connectivity index (χ0v) is 10.3. The van der Waals surface area contributed by atoms with Gasteiger partial charge in [0.1, 0.15) is 12.4 Å². The molecule has 1 aliphatic carbocycles. The summed E-state index contributed by atoms with van der Waals surface area (Å²) in [7, 11) is 0. The average molecular weight is 220 g/mol. The van der Waals surface area contributed by atoms with Crippen LogP contribution in [0.1, 0.15) is 39.2 Å². The summed E-state index contributed by atoms with van der Waals surface area (Å²) in [5, 5.41) is 9.76. The Kier molecular flexibility index (Phi) is 2.70. The highest BCUT2D eigenvalue weighted by molar-refractivity contribution is 5.38. The standard InChI is InChI=1S/C14H20O2/c1-13(2,3)11-6-4-5-7-12(11)16-10-14(15)8-9-14/h4-7,15H,8-10H2,1-3H3. The Hall–Kier alpha value is -1.02. The summed E-state index contributed by atoms with van der Waals surface area (Å²) in [4.78, 5) is 0. The number of hydrogen-bond donors (Lipinski definition) is 1. The number of benzene rings is 1. The second kappa shape index (κ2) is 3.77. The van der Waals surface area contributed by atoms with Gasteiger partial charge in [0.25, 0.3) is 0 Å². The summed E-state index contributed by atoms with van der Waals surface area (Å²) < 4.78 is 5.74. The van der Waals surface area contributed by atoms with E-state index in [2.05, 4.69) is 26.8 Å². The van der Waals surface area contributed by atoms with Gasteiger partial charge in [-0.1, -0.05) is 39.0 Å². The van der Waals surface area contributed by atoms with Gasteiger partial charge in [-0.3, -0.25) is 0 Å². The lowest BCUT2D eigenvalue weighted by Gasteiger charge is -2.23. The molecule has 0 bridgehead atoms. The summed E-state index contributed by atoms with van der Waals surface area (Å²) in [6.07, 6.45) is 1.73. The minimum absolute atomic E-state index is 0.0722. The van der Waals surface area contributed by atoms with Crippen molar-refractivity contribution in [1.29, 1.82) is 0 Å². The van der Waals surface area contributed by atoms with E-state index in [0.29, 0.717) is 6.61 Å². The van der Waals surface area contributed by atoms with Crippen LogP contribution in [0, 0.1) is 0 Å². The van der Waals surface area contributed by atoms with E-state index in [1.807, 2.05) is 18.2 Å². The molecular weight excluding hydrogens is 200 g/mol. The first-order chi connectivity index (χ1) is 7.41. The number of hydrogen-bond acceptors (Lipinski definition) is 2. The van der Waals surface area contributed by atoms with Crippen LogP contribution in [0.3, 0.4) is 0 Å². The van der Waals surface area contributed by atoms with Crippen molar-refractivity contribution >= 4 is 0 Å². The molecule has 0 spiro atoms. The zero-order valence-electron chi connectivity index (χ0n) is 10.3. The van der Waals surface area contributed by atoms with E-state index in [9.17, 15) is 5.11 Å². The SMILES string of the molecule is CC(C)(C)c1ccccc1OCC1(O)CC1. The van der Waals surface area contributed by atoms with Crippen molar-refractivity contribution in [1.82, 2.24) is 0 Å². The van der Waals surface area contributed by atoms with E-state index in [4.69, 9.17) is 4.74 Å². The predicted octanol–water partition coefficient (Wildman–Crippen LogP) is 2.89. The molecule has 0 unspecified atom stereocenters. The summed E-state index contributed by atoms with van der Waals surface area (Å²) in [6.45, 7) is 6.92. The fraction of sp³-hybridized carbons (Fsp3) is 0.571. The maximum absolute atomic E-state index is 9.76. The Morgan fingerprint density at radius 1 is 1.25 bits per heavy atom. The molecule has 16 heavy (non-hydrogen) atoms. The lowest BCUT2D eigenvalue weighted by atomic mass is 9.86. The quantitative estimate of drug-likeness (QED) is 0.848. The van der Waals surface area contributed by atoms with Crippen LogP contribution in [0.5, 0.6) is 5.75 Å². The third-order valence-electron chi connectivity index (χ3n) is 3.02. The summed E-state index contributed by atoms with van der Waals surface area (Å²) in [5.41, 5.74) is 0.715. The van der Waals surface area contributed by atoms with Crippen LogP contribution in [0.25, 0.3) is 0 Å². The van der Waals surface area contributed by atoms with Gasteiger partial charge in [-0.2, -0.15) is 0 Å². The smallest absolute Gasteiger partial charge is 0.123 e. The highest BCUT2D eigenvalue weighted by Crippen LogP contribution is 2.37. The van der Waals surface area contributed by atoms with Gasteiger partial charge in [0.2, 0.25) is 0 Å². The van der Waals surface area contributed by atoms with Gasteiger partial charge in [0.15, 0.2) is 0 Å². The fourth-order valence-electron chi connectivity index (χ4n) is 1.71. The number of aliphatic hydroxyl groups is 1. The Balaban J connectivity index is 2.13. The van der Waals surface area contributed by atoms with Crippen molar-refractivity contribution in [3.05, 3.63) is 29.8 Å². The molecule has 0 aromatic heterocycles. The first-order valence-electron chi connectivity index (χ1n) is 5.85. The van der Waals surface area contributed by atoms with E-state index in [0.717, 1.165) is 18.6 Å². The molecule has 0 radical (unpaired) electrons. The number of ether oxygens (including phenoxy) is 1. The van der Waals surface area contributed by atoms with E-state index >= 15 is 0 Å². The van der Waals surface area contributed by atoms with Crippen LogP contribution in [0.15, 0.2) is 24.3 Å². The lowest BCUT2D eigenvalue weighted by molar-refractivity contribution is 0.0846. The Morgan fingerprint density at radius 3 is 2.44 bits per heavy atom. The molecule has 0 aliphatic heterocycles. The second-order valence-corrected chi connectivity index (χ2v) is 5.76. The van der Waals surface area contributed by atoms with Crippen LogP contribution < -0.4 is 4.74 Å². The van der Waals surface area contributed by atoms with Crippen molar-refractivity contribution in [2.24, 2.45) is 0 Å². The normalized spacial score (nSPS) is 18.2. The van der Waals surface area contributed by atoms with Gasteiger partial charge < -0.3 is 9.84 Å². The molecule has 0 amide bonds. The number of para-hydroxylation sites is 1. The summed E-state index contributed by atoms with van der Waals surface area (Å²) in [6, 6.07) is 8.07. The minimum atomic E-state index is -0.551. The van der Waals surface area contributed by atoms with Gasteiger partial charge in [0.05, 0.1) is 5.60 Å². The molecule has 2 rings (SSSR count). The van der Waals surface area contributed by atoms with Crippen LogP contribution >= 0.6 is 0 Å². The van der Waals surface area contributed by atoms with E-state index in [-0.39, 0.29) is 5.41 Å². The number of rotatable bonds is 3. The molecule has 1 saturated carbocycles. The topological polar surface area (TPSA) is 29.5 Å². The molecule has 1 aliphatic rings. The largest absolute Gasteiger partial charge is 0.490 e. The third-order valence-corrected chi connectivity index (χ3v) is 3.02. The fourth-order valence-corrected chi connectivity index (χ4v) is 1.71. The van der Waals surface area contributed by atoms with E-state index in [1.165, 1.54) is 5.56 Å². The Bertz CT molecular complexity index is 373. The van der Waals surface area contributed by atoms with Crippen molar-refractivity contribution in [2.45, 2.75) is 44.6 Å². The van der Waals surface area contributed by atoms with Gasteiger partial charge >= 0.3 is 0 Å². The Morgan fingerprint density at radius 2 is 1.88 bits per heavy atom. The summed E-state index contributed by atoms with van der Waals surface area (Å²) in [5.74, 6) is 0.898. The first kappa shape index (κ1) is 11.5. The van der Waals surface area contributed by atoms with Crippen molar-refractivity contribution in [2.75, 3.05) is 6.61 Å². The van der Waals surface area contributed by atoms with Crippen LogP contribution in [-0.4, -0.2) is 17.3 Å².